The van der Waals surface area contributed by atoms with Crippen LogP contribution >= 0.6 is 0 Å². The Morgan fingerprint density at radius 3 is 2.63 bits per heavy atom. The summed E-state index contributed by atoms with van der Waals surface area (Å²) in [5.41, 5.74) is 0.728. The molecule has 2 bridgehead atoms. The van der Waals surface area contributed by atoms with Gasteiger partial charge in [-0.1, -0.05) is 23.4 Å². The maximum atomic E-state index is 14.8. The molecule has 4 aromatic rings. The van der Waals surface area contributed by atoms with E-state index in [0.29, 0.717) is 41.9 Å². The van der Waals surface area contributed by atoms with E-state index in [2.05, 4.69) is 20.2 Å². The number of aliphatic carboxylic acids is 1. The smallest absolute Gasteiger partial charge is 0.309 e. The molecule has 11 heteroatoms. The van der Waals surface area contributed by atoms with E-state index in [9.17, 15) is 18.7 Å². The number of benzene rings is 1. The molecule has 35 heavy (non-hydrogen) atoms. The van der Waals surface area contributed by atoms with E-state index in [1.807, 2.05) is 0 Å². The van der Waals surface area contributed by atoms with Gasteiger partial charge in [0.25, 0.3) is 0 Å². The molecule has 3 aliphatic carbocycles. The lowest BCUT2D eigenvalue weighted by Crippen LogP contribution is -2.76. The van der Waals surface area contributed by atoms with E-state index in [1.165, 1.54) is 12.3 Å². The largest absolute Gasteiger partial charge is 0.481 e. The third-order valence-corrected chi connectivity index (χ3v) is 7.20. The molecule has 3 aromatic heterocycles. The highest BCUT2D eigenvalue weighted by molar-refractivity contribution is 5.81. The number of hydrogen-bond acceptors (Lipinski definition) is 7. The van der Waals surface area contributed by atoms with Gasteiger partial charge >= 0.3 is 5.97 Å². The summed E-state index contributed by atoms with van der Waals surface area (Å²) in [7, 11) is 1.72. The molecule has 3 fully saturated rings. The maximum Gasteiger partial charge on any atom is 0.309 e. The van der Waals surface area contributed by atoms with E-state index >= 15 is 0 Å². The van der Waals surface area contributed by atoms with Gasteiger partial charge in [0, 0.05) is 24.2 Å². The summed E-state index contributed by atoms with van der Waals surface area (Å²) in [5.74, 6) is -1.51. The second-order valence-corrected chi connectivity index (χ2v) is 9.31. The predicted octanol–water partition coefficient (Wildman–Crippen LogP) is 3.77. The van der Waals surface area contributed by atoms with Crippen molar-refractivity contribution in [3.63, 3.8) is 0 Å². The standard InChI is InChI=1S/C24H20F2N6O3/c1-31(24-11-23(12-24,13-24)22(33)34)21-16(26)9-27-20(28-21)18-8-19(17-6-7-35-30-17)32(29-18)10-14-4-2-3-5-15(14)25/h2-9H,10-13H2,1H3,(H,33,34). The van der Waals surface area contributed by atoms with Crippen LogP contribution in [-0.2, 0) is 11.3 Å². The van der Waals surface area contributed by atoms with E-state index in [-0.39, 0.29) is 24.0 Å². The van der Waals surface area contributed by atoms with Gasteiger partial charge in [0.1, 0.15) is 23.5 Å². The van der Waals surface area contributed by atoms with Gasteiger partial charge in [0.15, 0.2) is 17.5 Å². The van der Waals surface area contributed by atoms with Crippen molar-refractivity contribution in [3.05, 3.63) is 66.1 Å². The highest BCUT2D eigenvalue weighted by Gasteiger charge is 2.74. The van der Waals surface area contributed by atoms with Crippen LogP contribution in [0.1, 0.15) is 24.8 Å². The Bertz CT molecular complexity index is 1430. The van der Waals surface area contributed by atoms with Gasteiger partial charge in [-0.3, -0.25) is 9.48 Å². The molecule has 0 spiro atoms. The van der Waals surface area contributed by atoms with Crippen molar-refractivity contribution in [3.8, 4) is 22.9 Å². The SMILES string of the molecule is CN(c1nc(-c2cc(-c3ccon3)n(Cc3ccccc3F)n2)ncc1F)C12CC(C(=O)O)(C1)C2. The van der Waals surface area contributed by atoms with Gasteiger partial charge in [0.05, 0.1) is 23.9 Å². The minimum atomic E-state index is -0.808. The van der Waals surface area contributed by atoms with Gasteiger partial charge in [-0.25, -0.2) is 18.7 Å². The fourth-order valence-electron chi connectivity index (χ4n) is 5.24. The van der Waals surface area contributed by atoms with Crippen molar-refractivity contribution >= 4 is 11.8 Å². The van der Waals surface area contributed by atoms with E-state index in [0.717, 1.165) is 6.20 Å². The number of aromatic nitrogens is 5. The van der Waals surface area contributed by atoms with Crippen molar-refractivity contribution in [1.29, 1.82) is 0 Å². The molecule has 1 aromatic carbocycles. The zero-order valence-electron chi connectivity index (χ0n) is 18.7. The van der Waals surface area contributed by atoms with Crippen LogP contribution in [0.2, 0.25) is 0 Å². The van der Waals surface area contributed by atoms with Crippen LogP contribution in [0, 0.1) is 17.0 Å². The van der Waals surface area contributed by atoms with Gasteiger partial charge in [-0.15, -0.1) is 0 Å². The maximum absolute atomic E-state index is 14.8. The number of carboxylic acids is 1. The number of anilines is 1. The molecule has 0 unspecified atom stereocenters. The minimum Gasteiger partial charge on any atom is -0.481 e. The first kappa shape index (κ1) is 21.4. The van der Waals surface area contributed by atoms with Gasteiger partial charge in [-0.05, 0) is 31.4 Å². The molecule has 0 amide bonds. The van der Waals surface area contributed by atoms with Crippen LogP contribution in [0.3, 0.4) is 0 Å². The third kappa shape index (κ3) is 3.22. The molecule has 0 aliphatic heterocycles. The fraction of sp³-hybridized carbons (Fsp3) is 0.292. The highest BCUT2D eigenvalue weighted by Crippen LogP contribution is 2.70. The zero-order chi connectivity index (χ0) is 24.4. The first-order valence-corrected chi connectivity index (χ1v) is 11.0. The first-order chi connectivity index (χ1) is 16.8. The molecule has 3 saturated carbocycles. The Balaban J connectivity index is 1.35. The second-order valence-electron chi connectivity index (χ2n) is 9.31. The summed E-state index contributed by atoms with van der Waals surface area (Å²) in [4.78, 5) is 21.8. The summed E-state index contributed by atoms with van der Waals surface area (Å²) in [6.45, 7) is 0.128. The van der Waals surface area contributed by atoms with Gasteiger partial charge < -0.3 is 14.5 Å². The quantitative estimate of drug-likeness (QED) is 0.428. The molecule has 0 saturated heterocycles. The van der Waals surface area contributed by atoms with Crippen LogP contribution in [0.15, 0.2) is 53.4 Å². The van der Waals surface area contributed by atoms with Crippen LogP contribution in [0.4, 0.5) is 14.6 Å². The molecule has 0 atom stereocenters. The number of rotatable bonds is 7. The summed E-state index contributed by atoms with van der Waals surface area (Å²) >= 11 is 0. The van der Waals surface area contributed by atoms with Crippen LogP contribution in [0.25, 0.3) is 22.9 Å². The monoisotopic (exact) mass is 478 g/mol. The van der Waals surface area contributed by atoms with Crippen LogP contribution in [0.5, 0.6) is 0 Å². The number of halogens is 2. The summed E-state index contributed by atoms with van der Waals surface area (Å²) in [6, 6.07) is 9.74. The molecular formula is C24H20F2N6O3. The van der Waals surface area contributed by atoms with Crippen molar-refractivity contribution < 1.29 is 23.2 Å². The van der Waals surface area contributed by atoms with Crippen LogP contribution in [-0.4, -0.2) is 48.6 Å². The topological polar surface area (TPSA) is 110 Å². The van der Waals surface area contributed by atoms with Crippen molar-refractivity contribution in [2.45, 2.75) is 31.3 Å². The Morgan fingerprint density at radius 2 is 1.94 bits per heavy atom. The van der Waals surface area contributed by atoms with Gasteiger partial charge in [-0.2, -0.15) is 5.10 Å². The average molecular weight is 478 g/mol. The number of nitrogens with zero attached hydrogens (tertiary/aromatic N) is 6. The Morgan fingerprint density at radius 1 is 1.17 bits per heavy atom. The molecule has 9 nitrogen and oxygen atoms in total. The third-order valence-electron chi connectivity index (χ3n) is 7.20. The van der Waals surface area contributed by atoms with Gasteiger partial charge in [0.2, 0.25) is 0 Å². The average Bonchev–Trinajstić information content (AvgIpc) is 3.43. The lowest BCUT2D eigenvalue weighted by atomic mass is 9.39. The Hall–Kier alpha value is -4.15. The van der Waals surface area contributed by atoms with Crippen molar-refractivity contribution in [2.24, 2.45) is 5.41 Å². The summed E-state index contributed by atoms with van der Waals surface area (Å²) < 4.78 is 35.6. The van der Waals surface area contributed by atoms with Crippen LogP contribution < -0.4 is 4.90 Å². The van der Waals surface area contributed by atoms with Crippen molar-refractivity contribution in [1.82, 2.24) is 24.9 Å². The molecule has 3 aliphatic rings. The molecule has 0 radical (unpaired) electrons. The molecule has 1 N–H and O–H groups in total. The fourth-order valence-corrected chi connectivity index (χ4v) is 5.24. The molecule has 7 rings (SSSR count). The highest BCUT2D eigenvalue weighted by atomic mass is 19.1. The lowest BCUT2D eigenvalue weighted by Gasteiger charge is -2.71. The normalized spacial score (nSPS) is 22.4. The number of carboxylic acid groups (broad SMARTS) is 1. The molecule has 3 heterocycles. The lowest BCUT2D eigenvalue weighted by molar-refractivity contribution is -0.191. The second kappa shape index (κ2) is 7.42. The molecule has 178 valence electrons. The summed E-state index contributed by atoms with van der Waals surface area (Å²) in [5, 5.41) is 17.9. The predicted molar refractivity (Wildman–Crippen MR) is 119 cm³/mol. The van der Waals surface area contributed by atoms with E-state index < -0.39 is 22.7 Å². The Labute approximate surface area is 198 Å². The summed E-state index contributed by atoms with van der Waals surface area (Å²) in [6.07, 6.45) is 3.87. The number of hydrogen-bond donors (Lipinski definition) is 1. The van der Waals surface area contributed by atoms with E-state index in [4.69, 9.17) is 4.52 Å². The van der Waals surface area contributed by atoms with Crippen molar-refractivity contribution in [2.75, 3.05) is 11.9 Å². The zero-order valence-corrected chi connectivity index (χ0v) is 18.7. The first-order valence-electron chi connectivity index (χ1n) is 11.0. The Kier molecular flexibility index (Phi) is 4.54. The van der Waals surface area contributed by atoms with E-state index in [1.54, 1.807) is 47.0 Å². The molecular weight excluding hydrogens is 458 g/mol. The number of carbonyl (C=O) groups is 1. The minimum absolute atomic E-state index is 0.0836.